The number of piperidine rings is 1. The van der Waals surface area contributed by atoms with Crippen LogP contribution in [-0.4, -0.2) is 18.9 Å². The van der Waals surface area contributed by atoms with E-state index in [1.165, 1.54) is 0 Å². The summed E-state index contributed by atoms with van der Waals surface area (Å²) in [4.78, 5) is 2.30. The van der Waals surface area contributed by atoms with E-state index in [0.717, 1.165) is 37.2 Å². The molecule has 0 atom stereocenters. The van der Waals surface area contributed by atoms with E-state index in [1.807, 2.05) is 12.1 Å². The van der Waals surface area contributed by atoms with E-state index >= 15 is 0 Å². The van der Waals surface area contributed by atoms with Gasteiger partial charge in [0.05, 0.1) is 0 Å². The van der Waals surface area contributed by atoms with Crippen molar-refractivity contribution in [2.45, 2.75) is 26.7 Å². The van der Waals surface area contributed by atoms with Crippen molar-refractivity contribution in [2.24, 2.45) is 11.1 Å². The van der Waals surface area contributed by atoms with Crippen LogP contribution in [0.25, 0.3) is 0 Å². The summed E-state index contributed by atoms with van der Waals surface area (Å²) >= 11 is 5.97. The van der Waals surface area contributed by atoms with Crippen LogP contribution in [0.2, 0.25) is 5.02 Å². The Morgan fingerprint density at radius 1 is 1.33 bits per heavy atom. The summed E-state index contributed by atoms with van der Waals surface area (Å²) in [7, 11) is 0. The van der Waals surface area contributed by atoms with Gasteiger partial charge in [0.2, 0.25) is 0 Å². The van der Waals surface area contributed by atoms with Gasteiger partial charge in [-0.2, -0.15) is 0 Å². The maximum atomic E-state index is 7.66. The van der Waals surface area contributed by atoms with Crippen molar-refractivity contribution in [1.29, 1.82) is 5.41 Å². The molecule has 18 heavy (non-hydrogen) atoms. The van der Waals surface area contributed by atoms with E-state index in [4.69, 9.17) is 22.7 Å². The van der Waals surface area contributed by atoms with Crippen molar-refractivity contribution in [2.75, 3.05) is 18.0 Å². The fourth-order valence-corrected chi connectivity index (χ4v) is 2.52. The van der Waals surface area contributed by atoms with E-state index in [2.05, 4.69) is 18.7 Å². The molecule has 1 fully saturated rings. The topological polar surface area (TPSA) is 53.1 Å². The van der Waals surface area contributed by atoms with Gasteiger partial charge in [-0.3, -0.25) is 5.41 Å². The van der Waals surface area contributed by atoms with Crippen LogP contribution < -0.4 is 10.6 Å². The fraction of sp³-hybridized carbons (Fsp3) is 0.500. The van der Waals surface area contributed by atoms with Crippen molar-refractivity contribution in [3.05, 3.63) is 28.8 Å². The largest absolute Gasteiger partial charge is 0.384 e. The summed E-state index contributed by atoms with van der Waals surface area (Å²) in [6.45, 7) is 6.62. The van der Waals surface area contributed by atoms with Gasteiger partial charge in [0.15, 0.2) is 0 Å². The molecule has 2 rings (SSSR count). The number of nitrogen functional groups attached to an aromatic ring is 1. The van der Waals surface area contributed by atoms with Gasteiger partial charge < -0.3 is 10.6 Å². The van der Waals surface area contributed by atoms with Crippen molar-refractivity contribution in [1.82, 2.24) is 0 Å². The third-order valence-corrected chi connectivity index (χ3v) is 3.94. The summed E-state index contributed by atoms with van der Waals surface area (Å²) in [5.41, 5.74) is 7.83. The quantitative estimate of drug-likeness (QED) is 0.637. The lowest BCUT2D eigenvalue weighted by atomic mass is 9.82. The standard InChI is InChI=1S/C14H20ClN3/c1-14(2)5-7-18(8-6-14)12-4-3-10(15)9-11(12)13(16)17/h3-4,9H,5-8H2,1-2H3,(H3,16,17). The molecule has 3 nitrogen and oxygen atoms in total. The highest BCUT2D eigenvalue weighted by Gasteiger charge is 2.26. The number of nitrogens with one attached hydrogen (secondary N) is 1. The monoisotopic (exact) mass is 265 g/mol. The highest BCUT2D eigenvalue weighted by Crippen LogP contribution is 2.34. The Hall–Kier alpha value is -1.22. The molecule has 3 N–H and O–H groups in total. The lowest BCUT2D eigenvalue weighted by molar-refractivity contribution is 0.280. The molecule has 1 aromatic carbocycles. The first kappa shape index (κ1) is 13.2. The van der Waals surface area contributed by atoms with Crippen LogP contribution in [0.1, 0.15) is 32.3 Å². The van der Waals surface area contributed by atoms with Crippen LogP contribution in [0.3, 0.4) is 0 Å². The minimum Gasteiger partial charge on any atom is -0.384 e. The normalized spacial score (nSPS) is 18.7. The van der Waals surface area contributed by atoms with Crippen molar-refractivity contribution >= 4 is 23.1 Å². The van der Waals surface area contributed by atoms with Crippen LogP contribution in [0.15, 0.2) is 18.2 Å². The Morgan fingerprint density at radius 3 is 2.50 bits per heavy atom. The molecule has 1 aliphatic rings. The van der Waals surface area contributed by atoms with E-state index in [1.54, 1.807) is 6.07 Å². The Bertz CT molecular complexity index is 458. The molecule has 0 spiro atoms. The summed E-state index contributed by atoms with van der Waals surface area (Å²) in [6.07, 6.45) is 2.32. The predicted octanol–water partition coefficient (Wildman–Crippen LogP) is 3.25. The van der Waals surface area contributed by atoms with Crippen LogP contribution >= 0.6 is 11.6 Å². The van der Waals surface area contributed by atoms with E-state index in [0.29, 0.717) is 10.4 Å². The number of anilines is 1. The van der Waals surface area contributed by atoms with Crippen LogP contribution in [-0.2, 0) is 0 Å². The molecule has 0 aromatic heterocycles. The number of nitrogens with zero attached hydrogens (tertiary/aromatic N) is 1. The van der Waals surface area contributed by atoms with Gasteiger partial charge >= 0.3 is 0 Å². The molecule has 0 amide bonds. The fourth-order valence-electron chi connectivity index (χ4n) is 2.35. The van der Waals surface area contributed by atoms with Gasteiger partial charge in [-0.25, -0.2) is 0 Å². The van der Waals surface area contributed by atoms with E-state index < -0.39 is 0 Å². The van der Waals surface area contributed by atoms with Gasteiger partial charge in [0.1, 0.15) is 5.84 Å². The van der Waals surface area contributed by atoms with Gasteiger partial charge in [0, 0.05) is 29.4 Å². The second kappa shape index (κ2) is 4.81. The summed E-state index contributed by atoms with van der Waals surface area (Å²) in [5, 5.41) is 8.29. The van der Waals surface area contributed by atoms with Gasteiger partial charge in [-0.05, 0) is 36.5 Å². The zero-order valence-corrected chi connectivity index (χ0v) is 11.7. The zero-order valence-electron chi connectivity index (χ0n) is 11.0. The first-order valence-electron chi connectivity index (χ1n) is 6.28. The second-order valence-corrected chi connectivity index (χ2v) is 6.16. The van der Waals surface area contributed by atoms with Crippen molar-refractivity contribution in [3.8, 4) is 0 Å². The molecule has 1 aromatic rings. The Balaban J connectivity index is 2.26. The van der Waals surface area contributed by atoms with Gasteiger partial charge in [-0.1, -0.05) is 25.4 Å². The molecule has 0 unspecified atom stereocenters. The second-order valence-electron chi connectivity index (χ2n) is 5.73. The predicted molar refractivity (Wildman–Crippen MR) is 77.7 cm³/mol. The third kappa shape index (κ3) is 2.78. The van der Waals surface area contributed by atoms with E-state index in [-0.39, 0.29) is 5.84 Å². The number of hydrogen-bond acceptors (Lipinski definition) is 2. The molecule has 1 saturated heterocycles. The zero-order chi connectivity index (χ0) is 13.3. The molecule has 1 heterocycles. The smallest absolute Gasteiger partial charge is 0.124 e. The number of nitrogens with two attached hydrogens (primary N) is 1. The first-order valence-corrected chi connectivity index (χ1v) is 6.66. The number of amidine groups is 1. The average Bonchev–Trinajstić information content (AvgIpc) is 2.29. The molecular formula is C14H20ClN3. The Labute approximate surface area is 113 Å². The van der Waals surface area contributed by atoms with Crippen molar-refractivity contribution < 1.29 is 0 Å². The summed E-state index contributed by atoms with van der Waals surface area (Å²) in [5.74, 6) is 0.0809. The minimum atomic E-state index is 0.0809. The molecule has 4 heteroatoms. The lowest BCUT2D eigenvalue weighted by Crippen LogP contribution is -2.38. The number of benzene rings is 1. The highest BCUT2D eigenvalue weighted by molar-refractivity contribution is 6.31. The molecule has 0 radical (unpaired) electrons. The molecule has 1 aliphatic heterocycles. The Kier molecular flexibility index (Phi) is 3.53. The number of hydrogen-bond donors (Lipinski definition) is 2. The van der Waals surface area contributed by atoms with Crippen LogP contribution in [0.4, 0.5) is 5.69 Å². The van der Waals surface area contributed by atoms with Crippen LogP contribution in [0.5, 0.6) is 0 Å². The van der Waals surface area contributed by atoms with Crippen LogP contribution in [0, 0.1) is 10.8 Å². The average molecular weight is 266 g/mol. The molecule has 0 aliphatic carbocycles. The minimum absolute atomic E-state index is 0.0809. The Morgan fingerprint density at radius 2 is 1.94 bits per heavy atom. The molecular weight excluding hydrogens is 246 g/mol. The number of halogens is 1. The molecule has 0 bridgehead atoms. The molecule has 0 saturated carbocycles. The van der Waals surface area contributed by atoms with E-state index in [9.17, 15) is 0 Å². The molecule has 98 valence electrons. The SMILES string of the molecule is CC1(C)CCN(c2ccc(Cl)cc2C(=N)N)CC1. The first-order chi connectivity index (χ1) is 8.39. The summed E-state index contributed by atoms with van der Waals surface area (Å²) < 4.78 is 0. The van der Waals surface area contributed by atoms with Gasteiger partial charge in [0.25, 0.3) is 0 Å². The maximum absolute atomic E-state index is 7.66. The van der Waals surface area contributed by atoms with Gasteiger partial charge in [-0.15, -0.1) is 0 Å². The maximum Gasteiger partial charge on any atom is 0.124 e. The summed E-state index contributed by atoms with van der Waals surface area (Å²) in [6, 6.07) is 5.61. The number of rotatable bonds is 2. The van der Waals surface area contributed by atoms with Crippen molar-refractivity contribution in [3.63, 3.8) is 0 Å². The lowest BCUT2D eigenvalue weighted by Gasteiger charge is -2.39. The third-order valence-electron chi connectivity index (χ3n) is 3.71. The highest BCUT2D eigenvalue weighted by atomic mass is 35.5.